The van der Waals surface area contributed by atoms with Gasteiger partial charge in [0, 0.05) is 43.3 Å². The maximum atomic E-state index is 14.7. The summed E-state index contributed by atoms with van der Waals surface area (Å²) in [6.07, 6.45) is 1.71. The fourth-order valence-electron chi connectivity index (χ4n) is 4.63. The SMILES string of the molecule is CC(=O)c1ccc(N2CCN(C(=O)c3cc(-c4ccccc4)nc4c3cnn4C(C)C)CC2)c(F)c1. The minimum absolute atomic E-state index is 0.0880. The van der Waals surface area contributed by atoms with Gasteiger partial charge in [-0.2, -0.15) is 5.10 Å². The molecule has 4 aromatic rings. The van der Waals surface area contributed by atoms with Crippen molar-refractivity contribution in [3.8, 4) is 11.3 Å². The molecule has 2 aromatic heterocycles. The van der Waals surface area contributed by atoms with Crippen LogP contribution in [0.5, 0.6) is 0 Å². The van der Waals surface area contributed by atoms with Gasteiger partial charge < -0.3 is 9.80 Å². The van der Waals surface area contributed by atoms with Crippen molar-refractivity contribution < 1.29 is 14.0 Å². The molecule has 184 valence electrons. The molecule has 0 spiro atoms. The smallest absolute Gasteiger partial charge is 0.254 e. The number of benzene rings is 2. The summed E-state index contributed by atoms with van der Waals surface area (Å²) in [5.41, 5.74) is 3.70. The number of piperazine rings is 1. The van der Waals surface area contributed by atoms with E-state index in [9.17, 15) is 14.0 Å². The van der Waals surface area contributed by atoms with E-state index in [0.29, 0.717) is 48.6 Å². The van der Waals surface area contributed by atoms with Crippen LogP contribution in [0, 0.1) is 5.82 Å². The number of hydrogen-bond acceptors (Lipinski definition) is 5. The Morgan fingerprint density at radius 1 is 0.972 bits per heavy atom. The summed E-state index contributed by atoms with van der Waals surface area (Å²) in [6, 6.07) is 16.3. The molecule has 0 radical (unpaired) electrons. The highest BCUT2D eigenvalue weighted by atomic mass is 19.1. The van der Waals surface area contributed by atoms with Crippen molar-refractivity contribution in [2.24, 2.45) is 0 Å². The second-order valence-electron chi connectivity index (χ2n) is 9.34. The van der Waals surface area contributed by atoms with Crippen molar-refractivity contribution in [3.05, 3.63) is 77.7 Å². The minimum Gasteiger partial charge on any atom is -0.366 e. The number of nitrogens with zero attached hydrogens (tertiary/aromatic N) is 5. The van der Waals surface area contributed by atoms with Crippen molar-refractivity contribution in [1.82, 2.24) is 19.7 Å². The molecule has 3 heterocycles. The number of fused-ring (bicyclic) bond motifs is 1. The molecule has 1 fully saturated rings. The molecule has 0 bridgehead atoms. The first-order valence-corrected chi connectivity index (χ1v) is 12.1. The third-order valence-electron chi connectivity index (χ3n) is 6.62. The number of anilines is 1. The first-order valence-electron chi connectivity index (χ1n) is 12.1. The van der Waals surface area contributed by atoms with Crippen LogP contribution in [0.25, 0.3) is 22.3 Å². The van der Waals surface area contributed by atoms with Gasteiger partial charge in [0.05, 0.1) is 28.5 Å². The number of Topliss-reactive ketones (excluding diaryl/α,β-unsaturated/α-hetero) is 1. The topological polar surface area (TPSA) is 71.3 Å². The van der Waals surface area contributed by atoms with E-state index in [1.54, 1.807) is 23.2 Å². The average molecular weight is 486 g/mol. The van der Waals surface area contributed by atoms with Gasteiger partial charge in [0.2, 0.25) is 0 Å². The highest BCUT2D eigenvalue weighted by Crippen LogP contribution is 2.28. The molecule has 0 N–H and O–H groups in total. The first-order chi connectivity index (χ1) is 17.3. The second kappa shape index (κ2) is 9.53. The number of carbonyl (C=O) groups excluding carboxylic acids is 2. The van der Waals surface area contributed by atoms with Crippen molar-refractivity contribution in [1.29, 1.82) is 0 Å². The molecule has 0 aliphatic carbocycles. The number of amides is 1. The van der Waals surface area contributed by atoms with Gasteiger partial charge in [-0.15, -0.1) is 0 Å². The summed E-state index contributed by atoms with van der Waals surface area (Å²) in [4.78, 5) is 33.9. The number of carbonyl (C=O) groups is 2. The third kappa shape index (κ3) is 4.34. The largest absolute Gasteiger partial charge is 0.366 e. The van der Waals surface area contributed by atoms with Gasteiger partial charge in [-0.3, -0.25) is 9.59 Å². The van der Waals surface area contributed by atoms with Gasteiger partial charge in [0.1, 0.15) is 5.82 Å². The van der Waals surface area contributed by atoms with E-state index < -0.39 is 5.82 Å². The van der Waals surface area contributed by atoms with E-state index >= 15 is 0 Å². The molecular weight excluding hydrogens is 457 g/mol. The Morgan fingerprint density at radius 2 is 1.69 bits per heavy atom. The Labute approximate surface area is 209 Å². The maximum absolute atomic E-state index is 14.7. The predicted molar refractivity (Wildman–Crippen MR) is 138 cm³/mol. The molecule has 0 unspecified atom stereocenters. The number of aromatic nitrogens is 3. The summed E-state index contributed by atoms with van der Waals surface area (Å²) >= 11 is 0. The molecule has 36 heavy (non-hydrogen) atoms. The molecule has 1 saturated heterocycles. The van der Waals surface area contributed by atoms with Crippen LogP contribution in [0.4, 0.5) is 10.1 Å². The summed E-state index contributed by atoms with van der Waals surface area (Å²) in [7, 11) is 0. The van der Waals surface area contributed by atoms with E-state index in [-0.39, 0.29) is 17.7 Å². The molecule has 0 saturated carbocycles. The van der Waals surface area contributed by atoms with Gasteiger partial charge in [-0.1, -0.05) is 30.3 Å². The zero-order valence-electron chi connectivity index (χ0n) is 20.6. The zero-order chi connectivity index (χ0) is 25.4. The quantitative estimate of drug-likeness (QED) is 0.373. The summed E-state index contributed by atoms with van der Waals surface area (Å²) in [6.45, 7) is 7.38. The van der Waals surface area contributed by atoms with Crippen molar-refractivity contribution >= 4 is 28.4 Å². The molecule has 2 aromatic carbocycles. The lowest BCUT2D eigenvalue weighted by atomic mass is 10.1. The zero-order valence-corrected chi connectivity index (χ0v) is 20.6. The van der Waals surface area contributed by atoms with E-state index in [2.05, 4.69) is 5.10 Å². The van der Waals surface area contributed by atoms with Gasteiger partial charge >= 0.3 is 0 Å². The van der Waals surface area contributed by atoms with E-state index in [1.807, 2.05) is 59.8 Å². The number of ketones is 1. The highest BCUT2D eigenvalue weighted by Gasteiger charge is 2.27. The Balaban J connectivity index is 1.43. The lowest BCUT2D eigenvalue weighted by molar-refractivity contribution is 0.0748. The number of rotatable bonds is 5. The molecule has 8 heteroatoms. The average Bonchev–Trinajstić information content (AvgIpc) is 3.33. The van der Waals surface area contributed by atoms with Crippen molar-refractivity contribution in [2.45, 2.75) is 26.8 Å². The maximum Gasteiger partial charge on any atom is 0.254 e. The van der Waals surface area contributed by atoms with Crippen LogP contribution in [0.15, 0.2) is 60.8 Å². The Hall–Kier alpha value is -4.07. The summed E-state index contributed by atoms with van der Waals surface area (Å²) < 4.78 is 16.5. The molecule has 7 nitrogen and oxygen atoms in total. The van der Waals surface area contributed by atoms with Gasteiger partial charge in [-0.25, -0.2) is 14.1 Å². The van der Waals surface area contributed by atoms with Crippen LogP contribution < -0.4 is 4.90 Å². The van der Waals surface area contributed by atoms with Crippen LogP contribution in [0.1, 0.15) is 47.5 Å². The van der Waals surface area contributed by atoms with Crippen LogP contribution in [-0.4, -0.2) is 57.5 Å². The number of pyridine rings is 1. The highest BCUT2D eigenvalue weighted by molar-refractivity contribution is 6.06. The first kappa shape index (κ1) is 23.7. The van der Waals surface area contributed by atoms with Crippen molar-refractivity contribution in [2.75, 3.05) is 31.1 Å². The van der Waals surface area contributed by atoms with Gasteiger partial charge in [0.25, 0.3) is 5.91 Å². The molecule has 1 aliphatic rings. The lowest BCUT2D eigenvalue weighted by Gasteiger charge is -2.36. The molecule has 1 amide bonds. The fourth-order valence-corrected chi connectivity index (χ4v) is 4.63. The fraction of sp³-hybridized carbons (Fsp3) is 0.286. The molecular formula is C28H28FN5O2. The van der Waals surface area contributed by atoms with Crippen LogP contribution in [0.3, 0.4) is 0 Å². The van der Waals surface area contributed by atoms with Crippen molar-refractivity contribution in [3.63, 3.8) is 0 Å². The summed E-state index contributed by atoms with van der Waals surface area (Å²) in [5.74, 6) is -0.683. The van der Waals surface area contributed by atoms with E-state index in [4.69, 9.17) is 4.98 Å². The molecule has 5 rings (SSSR count). The van der Waals surface area contributed by atoms with Gasteiger partial charge in [-0.05, 0) is 45.0 Å². The molecule has 1 aliphatic heterocycles. The van der Waals surface area contributed by atoms with E-state index in [0.717, 1.165) is 16.6 Å². The van der Waals surface area contributed by atoms with E-state index in [1.165, 1.54) is 13.0 Å². The Kier molecular flexibility index (Phi) is 6.26. The lowest BCUT2D eigenvalue weighted by Crippen LogP contribution is -2.49. The normalized spacial score (nSPS) is 14.0. The molecule has 0 atom stereocenters. The Bertz CT molecular complexity index is 1440. The minimum atomic E-state index is -0.424. The number of halogens is 1. The van der Waals surface area contributed by atoms with Gasteiger partial charge in [0.15, 0.2) is 11.4 Å². The third-order valence-corrected chi connectivity index (χ3v) is 6.62. The van der Waals surface area contributed by atoms with Crippen LogP contribution in [-0.2, 0) is 0 Å². The second-order valence-corrected chi connectivity index (χ2v) is 9.34. The number of hydrogen-bond donors (Lipinski definition) is 0. The predicted octanol–water partition coefficient (Wildman–Crippen LogP) is 4.98. The standard InChI is InChI=1S/C28H28FN5O2/c1-18(2)34-27-23(17-30-34)22(16-25(31-27)20-7-5-4-6-8-20)28(36)33-13-11-32(12-14-33)26-10-9-21(19(3)35)15-24(26)29/h4-10,15-18H,11-14H2,1-3H3. The summed E-state index contributed by atoms with van der Waals surface area (Å²) in [5, 5.41) is 5.23. The monoisotopic (exact) mass is 485 g/mol. The van der Waals surface area contributed by atoms with Crippen LogP contribution in [0.2, 0.25) is 0 Å². The Morgan fingerprint density at radius 3 is 2.33 bits per heavy atom. The van der Waals surface area contributed by atoms with Crippen LogP contribution >= 0.6 is 0 Å².